The van der Waals surface area contributed by atoms with E-state index in [1.54, 1.807) is 13.4 Å². The van der Waals surface area contributed by atoms with Crippen LogP contribution in [-0.4, -0.2) is 30.2 Å². The van der Waals surface area contributed by atoms with E-state index >= 15 is 0 Å². The number of anilines is 1. The number of hydrogen-bond acceptors (Lipinski definition) is 5. The molecule has 0 aliphatic heterocycles. The minimum atomic E-state index is 0.579. The lowest BCUT2D eigenvalue weighted by Gasteiger charge is -2.24. The van der Waals surface area contributed by atoms with E-state index in [1.807, 2.05) is 42.5 Å². The minimum absolute atomic E-state index is 0.579. The summed E-state index contributed by atoms with van der Waals surface area (Å²) in [6, 6.07) is 15.3. The van der Waals surface area contributed by atoms with Crippen molar-refractivity contribution in [3.63, 3.8) is 0 Å². The van der Waals surface area contributed by atoms with E-state index in [4.69, 9.17) is 21.6 Å². The number of benzene rings is 2. The number of methoxy groups -OCH3 is 1. The van der Waals surface area contributed by atoms with Crippen LogP contribution in [0.25, 0.3) is 10.9 Å². The predicted molar refractivity (Wildman–Crippen MR) is 98.6 cm³/mol. The predicted octanol–water partition coefficient (Wildman–Crippen LogP) is 3.81. The van der Waals surface area contributed by atoms with Crippen LogP contribution >= 0.6 is 11.6 Å². The summed E-state index contributed by atoms with van der Waals surface area (Å²) >= 11 is 6.07. The highest BCUT2D eigenvalue weighted by Crippen LogP contribution is 2.26. The first-order chi connectivity index (χ1) is 12.2. The summed E-state index contributed by atoms with van der Waals surface area (Å²) < 4.78 is 5.25. The molecule has 2 aromatic carbocycles. The maximum Gasteiger partial charge on any atom is 0.140 e. The van der Waals surface area contributed by atoms with E-state index in [0.29, 0.717) is 30.3 Å². The first-order valence-electron chi connectivity index (χ1n) is 7.84. The fraction of sp³-hybridized carbons (Fsp3) is 0.211. The van der Waals surface area contributed by atoms with Gasteiger partial charge in [0.15, 0.2) is 0 Å². The molecule has 0 aliphatic carbocycles. The van der Waals surface area contributed by atoms with Crippen molar-refractivity contribution in [3.05, 3.63) is 64.9 Å². The van der Waals surface area contributed by atoms with Crippen LogP contribution in [0.2, 0.25) is 5.02 Å². The zero-order chi connectivity index (χ0) is 17.6. The molecule has 6 heteroatoms. The van der Waals surface area contributed by atoms with Crippen LogP contribution in [0.1, 0.15) is 11.1 Å². The van der Waals surface area contributed by atoms with Crippen molar-refractivity contribution in [3.8, 4) is 6.07 Å². The molecule has 0 saturated carbocycles. The third-order valence-electron chi connectivity index (χ3n) is 3.90. The first kappa shape index (κ1) is 17.2. The second kappa shape index (κ2) is 7.93. The summed E-state index contributed by atoms with van der Waals surface area (Å²) in [4.78, 5) is 10.9. The summed E-state index contributed by atoms with van der Waals surface area (Å²) in [7, 11) is 1.68. The van der Waals surface area contributed by atoms with E-state index in [9.17, 15) is 0 Å². The van der Waals surface area contributed by atoms with Crippen LogP contribution in [0.15, 0.2) is 48.8 Å². The highest BCUT2D eigenvalue weighted by atomic mass is 35.5. The van der Waals surface area contributed by atoms with Crippen LogP contribution in [0.5, 0.6) is 0 Å². The standard InChI is InChI=1S/C19H17ClN4O/c1-25-9-8-24(12-15-4-2-14(11-21)3-5-15)19-17-7-6-16(20)10-18(17)22-13-23-19/h2-7,10,13H,8-9,12H2,1H3. The molecule has 0 saturated heterocycles. The maximum absolute atomic E-state index is 8.94. The molecule has 0 radical (unpaired) electrons. The van der Waals surface area contributed by atoms with Gasteiger partial charge in [-0.05, 0) is 35.9 Å². The Morgan fingerprint density at radius 1 is 1.16 bits per heavy atom. The molecule has 126 valence electrons. The smallest absolute Gasteiger partial charge is 0.140 e. The van der Waals surface area contributed by atoms with Gasteiger partial charge in [0.05, 0.1) is 23.8 Å². The Balaban J connectivity index is 1.96. The number of hydrogen-bond donors (Lipinski definition) is 0. The van der Waals surface area contributed by atoms with Gasteiger partial charge in [-0.25, -0.2) is 9.97 Å². The first-order valence-corrected chi connectivity index (χ1v) is 8.22. The third kappa shape index (κ3) is 4.05. The van der Waals surface area contributed by atoms with Gasteiger partial charge in [-0.15, -0.1) is 0 Å². The summed E-state index contributed by atoms with van der Waals surface area (Å²) in [6.07, 6.45) is 1.55. The molecule has 0 N–H and O–H groups in total. The third-order valence-corrected chi connectivity index (χ3v) is 4.13. The van der Waals surface area contributed by atoms with Gasteiger partial charge in [-0.1, -0.05) is 23.7 Å². The molecule has 0 atom stereocenters. The van der Waals surface area contributed by atoms with Crippen molar-refractivity contribution in [2.45, 2.75) is 6.54 Å². The van der Waals surface area contributed by atoms with Gasteiger partial charge in [-0.2, -0.15) is 5.26 Å². The number of fused-ring (bicyclic) bond motifs is 1. The van der Waals surface area contributed by atoms with E-state index in [-0.39, 0.29) is 0 Å². The molecule has 0 unspecified atom stereocenters. The number of nitriles is 1. The van der Waals surface area contributed by atoms with Gasteiger partial charge < -0.3 is 9.64 Å². The fourth-order valence-electron chi connectivity index (χ4n) is 2.63. The molecular formula is C19H17ClN4O. The number of halogens is 1. The van der Waals surface area contributed by atoms with Gasteiger partial charge in [0.1, 0.15) is 12.1 Å². The normalized spacial score (nSPS) is 10.6. The molecule has 1 aromatic heterocycles. The molecular weight excluding hydrogens is 336 g/mol. The monoisotopic (exact) mass is 352 g/mol. The highest BCUT2D eigenvalue weighted by Gasteiger charge is 2.13. The zero-order valence-electron chi connectivity index (χ0n) is 13.8. The van der Waals surface area contributed by atoms with Gasteiger partial charge in [0.2, 0.25) is 0 Å². The largest absolute Gasteiger partial charge is 0.383 e. The molecule has 0 aliphatic rings. The summed E-state index contributed by atoms with van der Waals surface area (Å²) in [5.41, 5.74) is 2.55. The van der Waals surface area contributed by atoms with E-state index in [0.717, 1.165) is 22.3 Å². The molecule has 25 heavy (non-hydrogen) atoms. The summed E-state index contributed by atoms with van der Waals surface area (Å²) in [5.74, 6) is 0.836. The maximum atomic E-state index is 8.94. The van der Waals surface area contributed by atoms with E-state index in [2.05, 4.69) is 20.9 Å². The Morgan fingerprint density at radius 2 is 1.96 bits per heavy atom. The second-order valence-electron chi connectivity index (χ2n) is 5.58. The lowest BCUT2D eigenvalue weighted by atomic mass is 10.1. The molecule has 0 bridgehead atoms. The molecule has 3 rings (SSSR count). The Hall–Kier alpha value is -2.68. The molecule has 1 heterocycles. The van der Waals surface area contributed by atoms with Gasteiger partial charge in [-0.3, -0.25) is 0 Å². The number of aromatic nitrogens is 2. The highest BCUT2D eigenvalue weighted by molar-refractivity contribution is 6.31. The van der Waals surface area contributed by atoms with Gasteiger partial charge in [0.25, 0.3) is 0 Å². The fourth-order valence-corrected chi connectivity index (χ4v) is 2.80. The molecule has 0 amide bonds. The lowest BCUT2D eigenvalue weighted by molar-refractivity contribution is 0.205. The van der Waals surface area contributed by atoms with Crippen molar-refractivity contribution >= 4 is 28.3 Å². The van der Waals surface area contributed by atoms with Crippen LogP contribution in [0.4, 0.5) is 5.82 Å². The average Bonchev–Trinajstić information content (AvgIpc) is 2.65. The van der Waals surface area contributed by atoms with Crippen molar-refractivity contribution in [1.29, 1.82) is 5.26 Å². The lowest BCUT2D eigenvalue weighted by Crippen LogP contribution is -2.27. The molecule has 3 aromatic rings. The average molecular weight is 353 g/mol. The molecule has 0 fully saturated rings. The van der Waals surface area contributed by atoms with E-state index in [1.165, 1.54) is 0 Å². The van der Waals surface area contributed by atoms with Crippen molar-refractivity contribution in [2.24, 2.45) is 0 Å². The Morgan fingerprint density at radius 3 is 2.68 bits per heavy atom. The van der Waals surface area contributed by atoms with Crippen molar-refractivity contribution in [2.75, 3.05) is 25.2 Å². The van der Waals surface area contributed by atoms with Gasteiger partial charge in [0, 0.05) is 30.6 Å². The minimum Gasteiger partial charge on any atom is -0.383 e. The summed E-state index contributed by atoms with van der Waals surface area (Å²) in [6.45, 7) is 1.92. The second-order valence-corrected chi connectivity index (χ2v) is 6.02. The SMILES string of the molecule is COCCN(Cc1ccc(C#N)cc1)c1ncnc2cc(Cl)ccc12. The topological polar surface area (TPSA) is 62.0 Å². The van der Waals surface area contributed by atoms with Crippen LogP contribution in [0, 0.1) is 11.3 Å². The van der Waals surface area contributed by atoms with E-state index < -0.39 is 0 Å². The van der Waals surface area contributed by atoms with Crippen molar-refractivity contribution in [1.82, 2.24) is 9.97 Å². The number of ether oxygens (including phenoxy) is 1. The van der Waals surface area contributed by atoms with Crippen LogP contribution < -0.4 is 4.90 Å². The summed E-state index contributed by atoms with van der Waals surface area (Å²) in [5, 5.41) is 10.5. The zero-order valence-corrected chi connectivity index (χ0v) is 14.6. The quantitative estimate of drug-likeness (QED) is 0.675. The molecule has 0 spiro atoms. The Labute approximate surface area is 151 Å². The Kier molecular flexibility index (Phi) is 5.44. The van der Waals surface area contributed by atoms with Gasteiger partial charge >= 0.3 is 0 Å². The Bertz CT molecular complexity index is 905. The molecule has 5 nitrogen and oxygen atoms in total. The van der Waals surface area contributed by atoms with Crippen molar-refractivity contribution < 1.29 is 4.74 Å². The van der Waals surface area contributed by atoms with Crippen LogP contribution in [0.3, 0.4) is 0 Å². The number of rotatable bonds is 6. The number of nitrogens with zero attached hydrogens (tertiary/aromatic N) is 4. The van der Waals surface area contributed by atoms with Crippen LogP contribution in [-0.2, 0) is 11.3 Å².